The van der Waals surface area contributed by atoms with Crippen LogP contribution in [0.1, 0.15) is 16.1 Å². The van der Waals surface area contributed by atoms with E-state index in [1.54, 1.807) is 54.6 Å². The number of para-hydroxylation sites is 1. The van der Waals surface area contributed by atoms with E-state index in [1.165, 1.54) is 30.3 Å². The molecule has 1 N–H and O–H groups in total. The highest BCUT2D eigenvalue weighted by atomic mass is 16.6. The zero-order chi connectivity index (χ0) is 25.5. The Bertz CT molecular complexity index is 1440. The third kappa shape index (κ3) is 5.98. The predicted octanol–water partition coefficient (Wildman–Crippen LogP) is 2.90. The first-order valence-corrected chi connectivity index (χ1v) is 10.9. The lowest BCUT2D eigenvalue weighted by atomic mass is 10.1. The minimum Gasteiger partial charge on any atom is -0.482 e. The SMILES string of the molecule is CN(C(=O)COC(=O)COc1ccc2ccc(=O)oc2c1)c1ccccc1C(=O)NCc1ccco1. The molecule has 2 heterocycles. The highest BCUT2D eigenvalue weighted by Gasteiger charge is 2.20. The second-order valence-electron chi connectivity index (χ2n) is 7.64. The van der Waals surface area contributed by atoms with Crippen molar-refractivity contribution in [3.8, 4) is 5.75 Å². The van der Waals surface area contributed by atoms with Crippen molar-refractivity contribution >= 4 is 34.4 Å². The van der Waals surface area contributed by atoms with Crippen molar-refractivity contribution in [3.63, 3.8) is 0 Å². The van der Waals surface area contributed by atoms with Crippen LogP contribution >= 0.6 is 0 Å². The van der Waals surface area contributed by atoms with Gasteiger partial charge in [-0.15, -0.1) is 0 Å². The molecule has 0 aliphatic rings. The number of carbonyl (C=O) groups excluding carboxylic acids is 3. The number of nitrogens with zero attached hydrogens (tertiary/aromatic N) is 1. The molecule has 0 fully saturated rings. The molecule has 4 rings (SSSR count). The summed E-state index contributed by atoms with van der Waals surface area (Å²) in [6.07, 6.45) is 1.51. The van der Waals surface area contributed by atoms with Crippen LogP contribution < -0.4 is 20.6 Å². The van der Waals surface area contributed by atoms with Crippen molar-refractivity contribution in [3.05, 3.63) is 94.7 Å². The molecule has 0 radical (unpaired) electrons. The van der Waals surface area contributed by atoms with Crippen LogP contribution in [-0.2, 0) is 20.9 Å². The van der Waals surface area contributed by atoms with Gasteiger partial charge in [-0.2, -0.15) is 0 Å². The minimum absolute atomic E-state index is 0.193. The zero-order valence-electron chi connectivity index (χ0n) is 19.3. The summed E-state index contributed by atoms with van der Waals surface area (Å²) in [6, 6.07) is 17.7. The Labute approximate surface area is 205 Å². The van der Waals surface area contributed by atoms with Crippen molar-refractivity contribution in [2.75, 3.05) is 25.2 Å². The van der Waals surface area contributed by atoms with Crippen LogP contribution in [0.15, 0.2) is 86.6 Å². The van der Waals surface area contributed by atoms with Crippen LogP contribution in [0.5, 0.6) is 5.75 Å². The number of esters is 1. The van der Waals surface area contributed by atoms with Gasteiger partial charge < -0.3 is 28.5 Å². The average Bonchev–Trinajstić information content (AvgIpc) is 3.42. The van der Waals surface area contributed by atoms with Crippen LogP contribution in [0.25, 0.3) is 11.0 Å². The molecule has 2 amide bonds. The van der Waals surface area contributed by atoms with Crippen molar-refractivity contribution < 1.29 is 32.7 Å². The molecule has 0 saturated heterocycles. The lowest BCUT2D eigenvalue weighted by Crippen LogP contribution is -2.34. The topological polar surface area (TPSA) is 128 Å². The number of hydrogen-bond donors (Lipinski definition) is 1. The molecule has 36 heavy (non-hydrogen) atoms. The monoisotopic (exact) mass is 490 g/mol. The van der Waals surface area contributed by atoms with Gasteiger partial charge in [0.25, 0.3) is 11.8 Å². The van der Waals surface area contributed by atoms with Crippen molar-refractivity contribution in [2.45, 2.75) is 6.54 Å². The van der Waals surface area contributed by atoms with Crippen LogP contribution in [0.4, 0.5) is 5.69 Å². The van der Waals surface area contributed by atoms with Crippen molar-refractivity contribution in [2.24, 2.45) is 0 Å². The van der Waals surface area contributed by atoms with E-state index in [0.717, 1.165) is 0 Å². The Morgan fingerprint density at radius 1 is 0.972 bits per heavy atom. The van der Waals surface area contributed by atoms with E-state index in [0.29, 0.717) is 28.2 Å². The fraction of sp³-hybridized carbons (Fsp3) is 0.154. The first-order chi connectivity index (χ1) is 17.4. The number of nitrogens with one attached hydrogen (secondary N) is 1. The number of ether oxygens (including phenoxy) is 2. The summed E-state index contributed by atoms with van der Waals surface area (Å²) in [6.45, 7) is -0.808. The van der Waals surface area contributed by atoms with E-state index in [4.69, 9.17) is 18.3 Å². The highest BCUT2D eigenvalue weighted by molar-refractivity contribution is 6.05. The number of benzene rings is 2. The van der Waals surface area contributed by atoms with E-state index in [1.807, 2.05) is 0 Å². The molecule has 2 aromatic heterocycles. The van der Waals surface area contributed by atoms with Gasteiger partial charge in [-0.3, -0.25) is 9.59 Å². The molecule has 0 saturated carbocycles. The van der Waals surface area contributed by atoms with Crippen LogP contribution in [-0.4, -0.2) is 38.0 Å². The van der Waals surface area contributed by atoms with Crippen molar-refractivity contribution in [1.82, 2.24) is 5.32 Å². The standard InChI is InChI=1S/C26H22N2O8/c1-28(21-7-3-2-6-20(21)26(32)27-14-19-5-4-12-33-19)23(29)15-35-25(31)16-34-18-10-8-17-9-11-24(30)36-22(17)13-18/h2-13H,14-16H2,1H3,(H,27,32). The summed E-state index contributed by atoms with van der Waals surface area (Å²) < 4.78 is 20.7. The fourth-order valence-electron chi connectivity index (χ4n) is 3.32. The van der Waals surface area contributed by atoms with Gasteiger partial charge in [0.15, 0.2) is 13.2 Å². The van der Waals surface area contributed by atoms with Gasteiger partial charge in [0.1, 0.15) is 17.1 Å². The Kier molecular flexibility index (Phi) is 7.45. The summed E-state index contributed by atoms with van der Waals surface area (Å²) in [7, 11) is 1.48. The normalized spacial score (nSPS) is 10.6. The maximum Gasteiger partial charge on any atom is 0.344 e. The lowest BCUT2D eigenvalue weighted by Gasteiger charge is -2.20. The van der Waals surface area contributed by atoms with Gasteiger partial charge in [-0.25, -0.2) is 9.59 Å². The molecule has 0 unspecified atom stereocenters. The Hall–Kier alpha value is -4.86. The van der Waals surface area contributed by atoms with Crippen LogP contribution in [0, 0.1) is 0 Å². The summed E-state index contributed by atoms with van der Waals surface area (Å²) >= 11 is 0. The molecule has 0 aliphatic heterocycles. The van der Waals surface area contributed by atoms with E-state index in [2.05, 4.69) is 5.32 Å². The van der Waals surface area contributed by atoms with Crippen LogP contribution in [0.2, 0.25) is 0 Å². The molecule has 4 aromatic rings. The molecule has 0 bridgehead atoms. The molecule has 0 atom stereocenters. The van der Waals surface area contributed by atoms with Gasteiger partial charge in [0, 0.05) is 24.6 Å². The Balaban J connectivity index is 1.30. The maximum atomic E-state index is 12.7. The van der Waals surface area contributed by atoms with E-state index >= 15 is 0 Å². The summed E-state index contributed by atoms with van der Waals surface area (Å²) in [5, 5.41) is 3.44. The molecule has 184 valence electrons. The zero-order valence-corrected chi connectivity index (χ0v) is 19.3. The number of rotatable bonds is 9. The number of amides is 2. The second kappa shape index (κ2) is 11.0. The number of carbonyl (C=O) groups is 3. The predicted molar refractivity (Wildman–Crippen MR) is 129 cm³/mol. The van der Waals surface area contributed by atoms with Gasteiger partial charge in [-0.05, 0) is 42.5 Å². The second-order valence-corrected chi connectivity index (χ2v) is 7.64. The van der Waals surface area contributed by atoms with Gasteiger partial charge in [0.05, 0.1) is 24.1 Å². The number of hydrogen-bond acceptors (Lipinski definition) is 8. The quantitative estimate of drug-likeness (QED) is 0.280. The number of fused-ring (bicyclic) bond motifs is 1. The van der Waals surface area contributed by atoms with E-state index < -0.39 is 36.6 Å². The highest BCUT2D eigenvalue weighted by Crippen LogP contribution is 2.21. The number of likely N-dealkylation sites (N-methyl/N-ethyl adjacent to an activating group) is 1. The first kappa shape index (κ1) is 24.3. The Morgan fingerprint density at radius 2 is 1.78 bits per heavy atom. The molecular formula is C26H22N2O8. The summed E-state index contributed by atoms with van der Waals surface area (Å²) in [5.74, 6) is -0.810. The van der Waals surface area contributed by atoms with Crippen molar-refractivity contribution in [1.29, 1.82) is 0 Å². The minimum atomic E-state index is -0.768. The molecule has 0 spiro atoms. The molecule has 0 aliphatic carbocycles. The van der Waals surface area contributed by atoms with Gasteiger partial charge in [-0.1, -0.05) is 12.1 Å². The Morgan fingerprint density at radius 3 is 2.58 bits per heavy atom. The maximum absolute atomic E-state index is 12.7. The first-order valence-electron chi connectivity index (χ1n) is 10.9. The largest absolute Gasteiger partial charge is 0.482 e. The molecule has 10 nitrogen and oxygen atoms in total. The van der Waals surface area contributed by atoms with Gasteiger partial charge in [0.2, 0.25) is 0 Å². The van der Waals surface area contributed by atoms with Gasteiger partial charge >= 0.3 is 11.6 Å². The fourth-order valence-corrected chi connectivity index (χ4v) is 3.32. The summed E-state index contributed by atoms with van der Waals surface area (Å²) in [4.78, 5) is 50.0. The third-order valence-corrected chi connectivity index (χ3v) is 5.20. The van der Waals surface area contributed by atoms with E-state index in [9.17, 15) is 19.2 Å². The van der Waals surface area contributed by atoms with E-state index in [-0.39, 0.29) is 12.1 Å². The lowest BCUT2D eigenvalue weighted by molar-refractivity contribution is -0.149. The van der Waals surface area contributed by atoms with Crippen LogP contribution in [0.3, 0.4) is 0 Å². The third-order valence-electron chi connectivity index (χ3n) is 5.20. The number of anilines is 1. The molecule has 10 heteroatoms. The molecular weight excluding hydrogens is 468 g/mol. The average molecular weight is 490 g/mol. The summed E-state index contributed by atoms with van der Waals surface area (Å²) in [5.41, 5.74) is 0.442. The smallest absolute Gasteiger partial charge is 0.344 e. The molecule has 2 aromatic carbocycles. The number of furan rings is 1.